The van der Waals surface area contributed by atoms with E-state index < -0.39 is 5.91 Å². The van der Waals surface area contributed by atoms with Crippen molar-refractivity contribution in [3.8, 4) is 0 Å². The molecule has 2 amide bonds. The maximum absolute atomic E-state index is 12.3. The van der Waals surface area contributed by atoms with Gasteiger partial charge in [0.15, 0.2) is 0 Å². The number of piperazine rings is 1. The zero-order valence-corrected chi connectivity index (χ0v) is 10.3. The molecule has 1 aromatic carbocycles. The van der Waals surface area contributed by atoms with E-state index in [1.54, 1.807) is 24.3 Å². The third-order valence-corrected chi connectivity index (χ3v) is 3.16. The van der Waals surface area contributed by atoms with E-state index in [9.17, 15) is 9.59 Å². The topological polar surface area (TPSA) is 75.4 Å². The van der Waals surface area contributed by atoms with Gasteiger partial charge in [-0.1, -0.05) is 6.07 Å². The fourth-order valence-corrected chi connectivity index (χ4v) is 2.11. The zero-order valence-electron chi connectivity index (χ0n) is 10.3. The van der Waals surface area contributed by atoms with Crippen LogP contribution < -0.4 is 11.1 Å². The minimum absolute atomic E-state index is 0.0490. The molecule has 96 valence electrons. The van der Waals surface area contributed by atoms with Crippen LogP contribution in [0.15, 0.2) is 24.3 Å². The summed E-state index contributed by atoms with van der Waals surface area (Å²) in [5, 5.41) is 3.23. The number of hydrogen-bond acceptors (Lipinski definition) is 3. The van der Waals surface area contributed by atoms with Crippen LogP contribution in [0.4, 0.5) is 0 Å². The molecule has 1 heterocycles. The Labute approximate surface area is 106 Å². The first-order valence-corrected chi connectivity index (χ1v) is 6.01. The average Bonchev–Trinajstić information content (AvgIpc) is 2.38. The number of benzene rings is 1. The maximum atomic E-state index is 12.3. The van der Waals surface area contributed by atoms with Gasteiger partial charge in [-0.3, -0.25) is 9.59 Å². The van der Waals surface area contributed by atoms with Gasteiger partial charge in [-0.2, -0.15) is 0 Å². The number of carbonyl (C=O) groups is 2. The smallest absolute Gasteiger partial charge is 0.254 e. The molecule has 0 aromatic heterocycles. The Morgan fingerprint density at radius 3 is 2.78 bits per heavy atom. The van der Waals surface area contributed by atoms with Gasteiger partial charge in [0.1, 0.15) is 0 Å². The minimum atomic E-state index is -0.516. The normalized spacial score (nSPS) is 19.6. The third-order valence-electron chi connectivity index (χ3n) is 3.16. The highest BCUT2D eigenvalue weighted by Gasteiger charge is 2.24. The van der Waals surface area contributed by atoms with Crippen molar-refractivity contribution in [2.45, 2.75) is 13.0 Å². The molecule has 2 rings (SSSR count). The molecule has 1 unspecified atom stereocenters. The van der Waals surface area contributed by atoms with Crippen molar-refractivity contribution in [3.63, 3.8) is 0 Å². The van der Waals surface area contributed by atoms with E-state index in [2.05, 4.69) is 5.32 Å². The highest BCUT2D eigenvalue weighted by Crippen LogP contribution is 2.12. The Morgan fingerprint density at radius 1 is 1.39 bits per heavy atom. The van der Waals surface area contributed by atoms with Gasteiger partial charge in [0, 0.05) is 36.8 Å². The van der Waals surface area contributed by atoms with E-state index in [-0.39, 0.29) is 11.9 Å². The van der Waals surface area contributed by atoms with Gasteiger partial charge >= 0.3 is 0 Å². The lowest BCUT2D eigenvalue weighted by atomic mass is 10.1. The Bertz CT molecular complexity index is 473. The lowest BCUT2D eigenvalue weighted by Crippen LogP contribution is -2.52. The Hall–Kier alpha value is -1.88. The van der Waals surface area contributed by atoms with Crippen LogP contribution in [0.25, 0.3) is 0 Å². The first-order valence-electron chi connectivity index (χ1n) is 6.01. The van der Waals surface area contributed by atoms with E-state index in [0.29, 0.717) is 17.7 Å². The van der Waals surface area contributed by atoms with Gasteiger partial charge in [-0.05, 0) is 25.1 Å². The molecule has 0 aliphatic carbocycles. The monoisotopic (exact) mass is 247 g/mol. The fourth-order valence-electron chi connectivity index (χ4n) is 2.11. The highest BCUT2D eigenvalue weighted by molar-refractivity contribution is 5.99. The Kier molecular flexibility index (Phi) is 3.62. The van der Waals surface area contributed by atoms with Crippen LogP contribution in [0, 0.1) is 0 Å². The summed E-state index contributed by atoms with van der Waals surface area (Å²) < 4.78 is 0. The average molecular weight is 247 g/mol. The summed E-state index contributed by atoms with van der Waals surface area (Å²) in [5.74, 6) is -0.565. The SMILES string of the molecule is CC1CNCCN1C(=O)c1cccc(C(N)=O)c1. The predicted octanol–water partition coefficient (Wildman–Crippen LogP) is 0.219. The summed E-state index contributed by atoms with van der Waals surface area (Å²) in [6.07, 6.45) is 0. The summed E-state index contributed by atoms with van der Waals surface area (Å²) in [4.78, 5) is 25.3. The van der Waals surface area contributed by atoms with E-state index >= 15 is 0 Å². The van der Waals surface area contributed by atoms with Crippen molar-refractivity contribution in [1.29, 1.82) is 0 Å². The molecule has 1 aliphatic rings. The van der Waals surface area contributed by atoms with Crippen molar-refractivity contribution in [2.24, 2.45) is 5.73 Å². The molecule has 0 spiro atoms. The quantitative estimate of drug-likeness (QED) is 0.785. The molecule has 5 heteroatoms. The lowest BCUT2D eigenvalue weighted by Gasteiger charge is -2.34. The van der Waals surface area contributed by atoms with Crippen molar-refractivity contribution >= 4 is 11.8 Å². The third kappa shape index (κ3) is 2.51. The maximum Gasteiger partial charge on any atom is 0.254 e. The summed E-state index contributed by atoms with van der Waals surface area (Å²) in [6.45, 7) is 4.27. The molecule has 3 N–H and O–H groups in total. The summed E-state index contributed by atoms with van der Waals surface area (Å²) >= 11 is 0. The number of rotatable bonds is 2. The van der Waals surface area contributed by atoms with Crippen LogP contribution in [0.5, 0.6) is 0 Å². The van der Waals surface area contributed by atoms with Gasteiger partial charge < -0.3 is 16.0 Å². The second-order valence-electron chi connectivity index (χ2n) is 4.50. The van der Waals surface area contributed by atoms with Crippen LogP contribution in [-0.4, -0.2) is 42.4 Å². The van der Waals surface area contributed by atoms with Crippen LogP contribution in [0.2, 0.25) is 0 Å². The number of nitrogens with two attached hydrogens (primary N) is 1. The summed E-state index contributed by atoms with van der Waals surface area (Å²) in [7, 11) is 0. The van der Waals surface area contributed by atoms with Crippen LogP contribution in [-0.2, 0) is 0 Å². The number of carbonyl (C=O) groups excluding carboxylic acids is 2. The van der Waals surface area contributed by atoms with Crippen molar-refractivity contribution in [3.05, 3.63) is 35.4 Å². The Morgan fingerprint density at radius 2 is 2.11 bits per heavy atom. The van der Waals surface area contributed by atoms with E-state index in [1.165, 1.54) is 0 Å². The highest BCUT2D eigenvalue weighted by atomic mass is 16.2. The van der Waals surface area contributed by atoms with Gasteiger partial charge in [-0.25, -0.2) is 0 Å². The zero-order chi connectivity index (χ0) is 13.1. The van der Waals surface area contributed by atoms with Gasteiger partial charge in [0.05, 0.1) is 0 Å². The first-order chi connectivity index (χ1) is 8.59. The molecule has 18 heavy (non-hydrogen) atoms. The largest absolute Gasteiger partial charge is 0.366 e. The molecule has 1 aromatic rings. The number of hydrogen-bond donors (Lipinski definition) is 2. The molecular weight excluding hydrogens is 230 g/mol. The van der Waals surface area contributed by atoms with Crippen molar-refractivity contribution in [2.75, 3.05) is 19.6 Å². The van der Waals surface area contributed by atoms with E-state index in [0.717, 1.165) is 13.1 Å². The molecule has 1 saturated heterocycles. The number of nitrogens with zero attached hydrogens (tertiary/aromatic N) is 1. The number of primary amides is 1. The van der Waals surface area contributed by atoms with Crippen LogP contribution >= 0.6 is 0 Å². The molecule has 1 aliphatic heterocycles. The van der Waals surface area contributed by atoms with E-state index in [1.807, 2.05) is 11.8 Å². The molecular formula is C13H17N3O2. The molecule has 1 atom stereocenters. The summed E-state index contributed by atoms with van der Waals surface area (Å²) in [5.41, 5.74) is 6.09. The van der Waals surface area contributed by atoms with Crippen molar-refractivity contribution < 1.29 is 9.59 Å². The fraction of sp³-hybridized carbons (Fsp3) is 0.385. The van der Waals surface area contributed by atoms with Crippen molar-refractivity contribution in [1.82, 2.24) is 10.2 Å². The molecule has 1 fully saturated rings. The predicted molar refractivity (Wildman–Crippen MR) is 68.3 cm³/mol. The number of nitrogens with one attached hydrogen (secondary N) is 1. The molecule has 0 radical (unpaired) electrons. The summed E-state index contributed by atoms with van der Waals surface area (Å²) in [6, 6.07) is 6.71. The standard InChI is InChI=1S/C13H17N3O2/c1-9-8-15-5-6-16(9)13(18)11-4-2-3-10(7-11)12(14)17/h2-4,7,9,15H,5-6,8H2,1H3,(H2,14,17). The molecule has 5 nitrogen and oxygen atoms in total. The van der Waals surface area contributed by atoms with E-state index in [4.69, 9.17) is 5.73 Å². The Balaban J connectivity index is 2.22. The van der Waals surface area contributed by atoms with Gasteiger partial charge in [0.25, 0.3) is 5.91 Å². The number of amides is 2. The lowest BCUT2D eigenvalue weighted by molar-refractivity contribution is 0.0656. The van der Waals surface area contributed by atoms with Gasteiger partial charge in [-0.15, -0.1) is 0 Å². The molecule has 0 bridgehead atoms. The second-order valence-corrected chi connectivity index (χ2v) is 4.50. The molecule has 0 saturated carbocycles. The first kappa shape index (κ1) is 12.6. The second kappa shape index (κ2) is 5.18. The minimum Gasteiger partial charge on any atom is -0.366 e. The van der Waals surface area contributed by atoms with Gasteiger partial charge in [0.2, 0.25) is 5.91 Å². The van der Waals surface area contributed by atoms with Crippen LogP contribution in [0.1, 0.15) is 27.6 Å². The van der Waals surface area contributed by atoms with Crippen LogP contribution in [0.3, 0.4) is 0 Å².